The molecule has 3 nitrogen and oxygen atoms in total. The normalized spacial score (nSPS) is 25.5. The Labute approximate surface area is 90.3 Å². The topological polar surface area (TPSA) is 38.1 Å². The average Bonchev–Trinajstić information content (AvgIpc) is 2.86. The molecule has 1 fully saturated rings. The van der Waals surface area contributed by atoms with Gasteiger partial charge in [0.1, 0.15) is 5.76 Å². The maximum Gasteiger partial charge on any atom is 0.194 e. The van der Waals surface area contributed by atoms with Gasteiger partial charge in [-0.25, -0.2) is 4.98 Å². The molecule has 1 aliphatic heterocycles. The highest BCUT2D eigenvalue weighted by Crippen LogP contribution is 2.23. The summed E-state index contributed by atoms with van der Waals surface area (Å²) in [7, 11) is 0. The zero-order chi connectivity index (χ0) is 10.1. The molecule has 0 saturated carbocycles. The van der Waals surface area contributed by atoms with Crippen LogP contribution in [0, 0.1) is 5.92 Å². The van der Waals surface area contributed by atoms with Gasteiger partial charge in [0.05, 0.1) is 5.69 Å². The Morgan fingerprint density at radius 2 is 2.27 bits per heavy atom. The first-order valence-electron chi connectivity index (χ1n) is 6.10. The lowest BCUT2D eigenvalue weighted by atomic mass is 10.0. The minimum Gasteiger partial charge on any atom is -0.445 e. The molecule has 0 aromatic carbocycles. The zero-order valence-corrected chi connectivity index (χ0v) is 9.09. The molecule has 3 heteroatoms. The summed E-state index contributed by atoms with van der Waals surface area (Å²) in [6.07, 6.45) is 7.08. The second-order valence-electron chi connectivity index (χ2n) is 4.75. The Kier molecular flexibility index (Phi) is 2.49. The van der Waals surface area contributed by atoms with Gasteiger partial charge in [-0.15, -0.1) is 0 Å². The fraction of sp³-hybridized carbons (Fsp3) is 0.750. The number of fused-ring (bicyclic) bond motifs is 1. The number of hydrogen-bond donors (Lipinski definition) is 1. The quantitative estimate of drug-likeness (QED) is 0.800. The maximum atomic E-state index is 5.83. The van der Waals surface area contributed by atoms with Crippen LogP contribution in [0.1, 0.15) is 36.6 Å². The van der Waals surface area contributed by atoms with Crippen LogP contribution in [0.4, 0.5) is 0 Å². The summed E-state index contributed by atoms with van der Waals surface area (Å²) >= 11 is 0. The first kappa shape index (κ1) is 9.40. The second kappa shape index (κ2) is 3.97. The van der Waals surface area contributed by atoms with E-state index < -0.39 is 0 Å². The van der Waals surface area contributed by atoms with Crippen LogP contribution in [0.25, 0.3) is 0 Å². The predicted octanol–water partition coefficient (Wildman–Crippen LogP) is 1.71. The van der Waals surface area contributed by atoms with E-state index in [4.69, 9.17) is 4.42 Å². The summed E-state index contributed by atoms with van der Waals surface area (Å²) in [5, 5.41) is 3.38. The van der Waals surface area contributed by atoms with Crippen molar-refractivity contribution in [1.29, 1.82) is 0 Å². The van der Waals surface area contributed by atoms with E-state index in [1.165, 1.54) is 30.7 Å². The van der Waals surface area contributed by atoms with Crippen LogP contribution in [-0.4, -0.2) is 18.1 Å². The predicted molar refractivity (Wildman–Crippen MR) is 57.8 cm³/mol. The molecule has 1 atom stereocenters. The van der Waals surface area contributed by atoms with E-state index in [2.05, 4.69) is 10.3 Å². The third-order valence-corrected chi connectivity index (χ3v) is 3.52. The van der Waals surface area contributed by atoms with Crippen LogP contribution in [0.15, 0.2) is 4.42 Å². The van der Waals surface area contributed by atoms with Gasteiger partial charge in [-0.3, -0.25) is 0 Å². The molecule has 1 N–H and O–H groups in total. The molecule has 1 aromatic rings. The number of aryl methyl sites for hydroxylation is 2. The number of rotatable bonds is 2. The molecule has 1 aromatic heterocycles. The standard InChI is InChI=1S/C12H18N2O/c1-2-4-11-10(3-1)14-12(15-11)7-9-5-6-13-8-9/h9,13H,1-8H2. The number of oxazole rings is 1. The van der Waals surface area contributed by atoms with Crippen molar-refractivity contribution < 1.29 is 4.42 Å². The van der Waals surface area contributed by atoms with Crippen molar-refractivity contribution in [3.8, 4) is 0 Å². The summed E-state index contributed by atoms with van der Waals surface area (Å²) in [6, 6.07) is 0. The first-order chi connectivity index (χ1) is 7.42. The molecular weight excluding hydrogens is 188 g/mol. The highest BCUT2D eigenvalue weighted by molar-refractivity contribution is 5.13. The van der Waals surface area contributed by atoms with E-state index in [-0.39, 0.29) is 0 Å². The van der Waals surface area contributed by atoms with Crippen LogP contribution < -0.4 is 5.32 Å². The highest BCUT2D eigenvalue weighted by Gasteiger charge is 2.21. The van der Waals surface area contributed by atoms with Crippen LogP contribution >= 0.6 is 0 Å². The van der Waals surface area contributed by atoms with Gasteiger partial charge in [-0.1, -0.05) is 0 Å². The molecule has 15 heavy (non-hydrogen) atoms. The van der Waals surface area contributed by atoms with Crippen LogP contribution in [0.3, 0.4) is 0 Å². The van der Waals surface area contributed by atoms with Gasteiger partial charge in [0.15, 0.2) is 5.89 Å². The molecule has 2 heterocycles. The SMILES string of the molecule is C1CCc2oc(CC3CCNC3)nc2C1. The van der Waals surface area contributed by atoms with Crippen molar-refractivity contribution in [1.82, 2.24) is 10.3 Å². The molecule has 1 aliphatic carbocycles. The first-order valence-corrected chi connectivity index (χ1v) is 6.10. The second-order valence-corrected chi connectivity index (χ2v) is 4.75. The van der Waals surface area contributed by atoms with Crippen molar-refractivity contribution in [2.45, 2.75) is 38.5 Å². The van der Waals surface area contributed by atoms with Crippen molar-refractivity contribution in [3.63, 3.8) is 0 Å². The minimum absolute atomic E-state index is 0.741. The fourth-order valence-electron chi connectivity index (χ4n) is 2.63. The maximum absolute atomic E-state index is 5.83. The van der Waals surface area contributed by atoms with Crippen LogP contribution in [0.2, 0.25) is 0 Å². The number of nitrogens with zero attached hydrogens (tertiary/aromatic N) is 1. The minimum atomic E-state index is 0.741. The lowest BCUT2D eigenvalue weighted by molar-refractivity contribution is 0.409. The van der Waals surface area contributed by atoms with Crippen molar-refractivity contribution >= 4 is 0 Å². The Morgan fingerprint density at radius 3 is 3.07 bits per heavy atom. The van der Waals surface area contributed by atoms with Gasteiger partial charge in [0.2, 0.25) is 0 Å². The van der Waals surface area contributed by atoms with Crippen molar-refractivity contribution in [2.24, 2.45) is 5.92 Å². The van der Waals surface area contributed by atoms with Gasteiger partial charge in [-0.05, 0) is 44.7 Å². The van der Waals surface area contributed by atoms with Crippen molar-refractivity contribution in [2.75, 3.05) is 13.1 Å². The van der Waals surface area contributed by atoms with Crippen molar-refractivity contribution in [3.05, 3.63) is 17.3 Å². The van der Waals surface area contributed by atoms with Gasteiger partial charge in [0.25, 0.3) is 0 Å². The molecule has 0 amide bonds. The van der Waals surface area contributed by atoms with Gasteiger partial charge < -0.3 is 9.73 Å². The zero-order valence-electron chi connectivity index (χ0n) is 9.09. The molecule has 82 valence electrons. The average molecular weight is 206 g/mol. The molecule has 0 radical (unpaired) electrons. The Hall–Kier alpha value is -0.830. The van der Waals surface area contributed by atoms with E-state index in [1.54, 1.807) is 0 Å². The smallest absolute Gasteiger partial charge is 0.194 e. The Bertz CT molecular complexity index is 316. The third-order valence-electron chi connectivity index (χ3n) is 3.52. The highest BCUT2D eigenvalue weighted by atomic mass is 16.4. The van der Waals surface area contributed by atoms with Crippen LogP contribution in [-0.2, 0) is 19.3 Å². The number of aromatic nitrogens is 1. The largest absolute Gasteiger partial charge is 0.445 e. The Morgan fingerprint density at radius 1 is 1.33 bits per heavy atom. The number of nitrogens with one attached hydrogen (secondary N) is 1. The summed E-state index contributed by atoms with van der Waals surface area (Å²) < 4.78 is 5.83. The summed E-state index contributed by atoms with van der Waals surface area (Å²) in [5.41, 5.74) is 1.24. The summed E-state index contributed by atoms with van der Waals surface area (Å²) in [4.78, 5) is 4.62. The number of hydrogen-bond acceptors (Lipinski definition) is 3. The summed E-state index contributed by atoms with van der Waals surface area (Å²) in [5.74, 6) is 2.89. The van der Waals surface area contributed by atoms with Gasteiger partial charge in [-0.2, -0.15) is 0 Å². The van der Waals surface area contributed by atoms with E-state index in [9.17, 15) is 0 Å². The lowest BCUT2D eigenvalue weighted by Crippen LogP contribution is -2.10. The molecule has 1 saturated heterocycles. The van der Waals surface area contributed by atoms with Crippen LogP contribution in [0.5, 0.6) is 0 Å². The Balaban J connectivity index is 1.72. The fourth-order valence-corrected chi connectivity index (χ4v) is 2.63. The molecule has 0 bridgehead atoms. The third kappa shape index (κ3) is 1.93. The molecule has 3 rings (SSSR count). The van der Waals surface area contributed by atoms with E-state index >= 15 is 0 Å². The van der Waals surface area contributed by atoms with E-state index in [0.29, 0.717) is 0 Å². The lowest BCUT2D eigenvalue weighted by Gasteiger charge is -2.05. The van der Waals surface area contributed by atoms with E-state index in [1.807, 2.05) is 0 Å². The molecular formula is C12H18N2O. The molecule has 1 unspecified atom stereocenters. The molecule has 2 aliphatic rings. The monoisotopic (exact) mass is 206 g/mol. The van der Waals surface area contributed by atoms with Gasteiger partial charge in [0, 0.05) is 12.8 Å². The molecule has 0 spiro atoms. The van der Waals surface area contributed by atoms with Gasteiger partial charge >= 0.3 is 0 Å². The van der Waals surface area contributed by atoms with E-state index in [0.717, 1.165) is 44.2 Å². The summed E-state index contributed by atoms with van der Waals surface area (Å²) in [6.45, 7) is 2.29.